The summed E-state index contributed by atoms with van der Waals surface area (Å²) in [5.41, 5.74) is 0. The minimum absolute atomic E-state index is 0.0164. The molecule has 3 aliphatic rings. The third-order valence-electron chi connectivity index (χ3n) is 5.59. The van der Waals surface area contributed by atoms with E-state index in [9.17, 15) is 9.59 Å². The van der Waals surface area contributed by atoms with Gasteiger partial charge in [0, 0.05) is 25.7 Å². The van der Waals surface area contributed by atoms with Gasteiger partial charge in [-0.25, -0.2) is 4.79 Å². The van der Waals surface area contributed by atoms with E-state index < -0.39 is 0 Å². The number of rotatable bonds is 4. The Balaban J connectivity index is 1.48. The van der Waals surface area contributed by atoms with Crippen LogP contribution in [-0.4, -0.2) is 66.5 Å². The van der Waals surface area contributed by atoms with E-state index in [1.54, 1.807) is 4.90 Å². The van der Waals surface area contributed by atoms with Gasteiger partial charge in [-0.05, 0) is 37.6 Å². The molecule has 1 saturated carbocycles. The Morgan fingerprint density at radius 3 is 2.88 bits per heavy atom. The van der Waals surface area contributed by atoms with Gasteiger partial charge in [0.15, 0.2) is 0 Å². The Labute approximate surface area is 145 Å². The van der Waals surface area contributed by atoms with Gasteiger partial charge in [0.2, 0.25) is 5.91 Å². The zero-order valence-electron chi connectivity index (χ0n) is 15.1. The van der Waals surface area contributed by atoms with E-state index in [1.807, 2.05) is 0 Å². The topological polar surface area (TPSA) is 64.7 Å². The molecule has 2 aliphatic heterocycles. The summed E-state index contributed by atoms with van der Waals surface area (Å²) in [5.74, 6) is 1.21. The first-order valence-corrected chi connectivity index (χ1v) is 9.59. The SMILES string of the molecule is CC(C)CN1CC[C@H](CNC(=O)N2CC(=O)N[C@H]3CCCC[C@@H]32)C1. The van der Waals surface area contributed by atoms with Gasteiger partial charge in [0.25, 0.3) is 0 Å². The van der Waals surface area contributed by atoms with Gasteiger partial charge in [-0.3, -0.25) is 4.79 Å². The van der Waals surface area contributed by atoms with Crippen LogP contribution in [0.25, 0.3) is 0 Å². The Morgan fingerprint density at radius 1 is 1.29 bits per heavy atom. The van der Waals surface area contributed by atoms with Crippen molar-refractivity contribution in [1.82, 2.24) is 20.4 Å². The van der Waals surface area contributed by atoms with Gasteiger partial charge in [0.05, 0.1) is 6.04 Å². The van der Waals surface area contributed by atoms with Crippen LogP contribution in [0, 0.1) is 11.8 Å². The van der Waals surface area contributed by atoms with E-state index in [1.165, 1.54) is 0 Å². The maximum Gasteiger partial charge on any atom is 0.318 e. The van der Waals surface area contributed by atoms with E-state index in [2.05, 4.69) is 29.4 Å². The van der Waals surface area contributed by atoms with Crippen molar-refractivity contribution in [3.8, 4) is 0 Å². The molecule has 136 valence electrons. The fraction of sp³-hybridized carbons (Fsp3) is 0.889. The zero-order valence-corrected chi connectivity index (χ0v) is 15.1. The molecule has 2 N–H and O–H groups in total. The number of nitrogens with zero attached hydrogens (tertiary/aromatic N) is 2. The molecule has 6 nitrogen and oxygen atoms in total. The maximum absolute atomic E-state index is 12.6. The largest absolute Gasteiger partial charge is 0.350 e. The highest BCUT2D eigenvalue weighted by atomic mass is 16.2. The van der Waals surface area contributed by atoms with E-state index >= 15 is 0 Å². The van der Waals surface area contributed by atoms with Crippen molar-refractivity contribution in [3.05, 3.63) is 0 Å². The standard InChI is InChI=1S/C18H32N4O2/c1-13(2)10-21-8-7-14(11-21)9-19-18(24)22-12-17(23)20-15-5-3-4-6-16(15)22/h13-16H,3-12H2,1-2H3,(H,19,24)(H,20,23)/t14-,15+,16+/m1/s1. The number of hydrogen-bond donors (Lipinski definition) is 2. The average molecular weight is 336 g/mol. The zero-order chi connectivity index (χ0) is 17.1. The molecule has 0 aromatic rings. The summed E-state index contributed by atoms with van der Waals surface area (Å²) in [6.07, 6.45) is 5.44. The Morgan fingerprint density at radius 2 is 2.08 bits per heavy atom. The second kappa shape index (κ2) is 7.72. The molecule has 6 heteroatoms. The number of carbonyl (C=O) groups excluding carboxylic acids is 2. The predicted molar refractivity (Wildman–Crippen MR) is 93.7 cm³/mol. The van der Waals surface area contributed by atoms with Crippen LogP contribution in [0.1, 0.15) is 46.0 Å². The molecule has 0 aromatic carbocycles. The molecular formula is C18H32N4O2. The summed E-state index contributed by atoms with van der Waals surface area (Å²) in [6, 6.07) is 0.278. The van der Waals surface area contributed by atoms with Crippen molar-refractivity contribution in [3.63, 3.8) is 0 Å². The average Bonchev–Trinajstić information content (AvgIpc) is 2.98. The smallest absolute Gasteiger partial charge is 0.318 e. The van der Waals surface area contributed by atoms with Gasteiger partial charge in [0.1, 0.15) is 6.54 Å². The number of likely N-dealkylation sites (tertiary alicyclic amines) is 1. The Kier molecular flexibility index (Phi) is 5.64. The normalized spacial score (nSPS) is 31.0. The molecule has 3 fully saturated rings. The highest BCUT2D eigenvalue weighted by Gasteiger charge is 2.39. The van der Waals surface area contributed by atoms with Crippen LogP contribution >= 0.6 is 0 Å². The van der Waals surface area contributed by atoms with Crippen molar-refractivity contribution in [2.45, 2.75) is 58.0 Å². The molecule has 2 heterocycles. The second-order valence-electron chi connectivity index (χ2n) is 8.15. The van der Waals surface area contributed by atoms with Crippen molar-refractivity contribution >= 4 is 11.9 Å². The number of amides is 3. The molecule has 24 heavy (non-hydrogen) atoms. The third-order valence-corrected chi connectivity index (χ3v) is 5.59. The Hall–Kier alpha value is -1.30. The lowest BCUT2D eigenvalue weighted by Crippen LogP contribution is -2.64. The molecule has 3 rings (SSSR count). The molecule has 0 spiro atoms. The molecular weight excluding hydrogens is 304 g/mol. The second-order valence-corrected chi connectivity index (χ2v) is 8.15. The van der Waals surface area contributed by atoms with Crippen molar-refractivity contribution in [1.29, 1.82) is 0 Å². The van der Waals surface area contributed by atoms with Gasteiger partial charge in [-0.2, -0.15) is 0 Å². The number of fused-ring (bicyclic) bond motifs is 1. The quantitative estimate of drug-likeness (QED) is 0.816. The lowest BCUT2D eigenvalue weighted by molar-refractivity contribution is -0.126. The lowest BCUT2D eigenvalue weighted by atomic mass is 9.87. The minimum Gasteiger partial charge on any atom is -0.350 e. The minimum atomic E-state index is -0.0518. The van der Waals surface area contributed by atoms with Gasteiger partial charge in [-0.15, -0.1) is 0 Å². The molecule has 3 atom stereocenters. The summed E-state index contributed by atoms with van der Waals surface area (Å²) in [5, 5.41) is 6.16. The van der Waals surface area contributed by atoms with E-state index in [-0.39, 0.29) is 30.6 Å². The first kappa shape index (κ1) is 17.5. The van der Waals surface area contributed by atoms with Crippen LogP contribution in [0.4, 0.5) is 4.79 Å². The first-order chi connectivity index (χ1) is 11.5. The highest BCUT2D eigenvalue weighted by Crippen LogP contribution is 2.26. The lowest BCUT2D eigenvalue weighted by Gasteiger charge is -2.43. The van der Waals surface area contributed by atoms with Gasteiger partial charge in [-0.1, -0.05) is 26.7 Å². The summed E-state index contributed by atoms with van der Waals surface area (Å²) in [7, 11) is 0. The molecule has 1 aliphatic carbocycles. The molecule has 0 bridgehead atoms. The number of piperazine rings is 1. The molecule has 0 unspecified atom stereocenters. The molecule has 3 amide bonds. The molecule has 0 aromatic heterocycles. The first-order valence-electron chi connectivity index (χ1n) is 9.59. The molecule has 0 radical (unpaired) electrons. The van der Waals surface area contributed by atoms with Gasteiger partial charge >= 0.3 is 6.03 Å². The van der Waals surface area contributed by atoms with Crippen molar-refractivity contribution in [2.24, 2.45) is 11.8 Å². The highest BCUT2D eigenvalue weighted by molar-refractivity contribution is 5.86. The Bertz CT molecular complexity index is 468. The number of nitrogens with one attached hydrogen (secondary N) is 2. The summed E-state index contributed by atoms with van der Waals surface area (Å²) < 4.78 is 0. The number of carbonyl (C=O) groups is 2. The number of urea groups is 1. The van der Waals surface area contributed by atoms with Crippen LogP contribution in [0.3, 0.4) is 0 Å². The summed E-state index contributed by atoms with van der Waals surface area (Å²) >= 11 is 0. The van der Waals surface area contributed by atoms with Crippen LogP contribution in [0.2, 0.25) is 0 Å². The van der Waals surface area contributed by atoms with Gasteiger partial charge < -0.3 is 20.4 Å². The van der Waals surface area contributed by atoms with Crippen molar-refractivity contribution in [2.75, 3.05) is 32.7 Å². The van der Waals surface area contributed by atoms with E-state index in [0.29, 0.717) is 11.8 Å². The van der Waals surface area contributed by atoms with Crippen LogP contribution in [-0.2, 0) is 4.79 Å². The van der Waals surface area contributed by atoms with E-state index in [4.69, 9.17) is 0 Å². The van der Waals surface area contributed by atoms with Crippen LogP contribution in [0.15, 0.2) is 0 Å². The molecule has 2 saturated heterocycles. The van der Waals surface area contributed by atoms with E-state index in [0.717, 1.165) is 58.3 Å². The fourth-order valence-corrected chi connectivity index (χ4v) is 4.49. The summed E-state index contributed by atoms with van der Waals surface area (Å²) in [4.78, 5) is 28.8. The maximum atomic E-state index is 12.6. The van der Waals surface area contributed by atoms with Crippen LogP contribution in [0.5, 0.6) is 0 Å². The fourth-order valence-electron chi connectivity index (χ4n) is 4.49. The van der Waals surface area contributed by atoms with Crippen molar-refractivity contribution < 1.29 is 9.59 Å². The predicted octanol–water partition coefficient (Wildman–Crippen LogP) is 1.42. The van der Waals surface area contributed by atoms with Crippen LogP contribution < -0.4 is 10.6 Å². The summed E-state index contributed by atoms with van der Waals surface area (Å²) in [6.45, 7) is 8.77. The third kappa shape index (κ3) is 4.21. The monoisotopic (exact) mass is 336 g/mol. The number of hydrogen-bond acceptors (Lipinski definition) is 3.